The van der Waals surface area contributed by atoms with Crippen LogP contribution in [0, 0.1) is 0 Å². The summed E-state index contributed by atoms with van der Waals surface area (Å²) in [5.74, 6) is 3.80. The van der Waals surface area contributed by atoms with E-state index in [4.69, 9.17) is 0 Å². The predicted molar refractivity (Wildman–Crippen MR) is 71.5 cm³/mol. The summed E-state index contributed by atoms with van der Waals surface area (Å²) in [5.41, 5.74) is 0. The third-order valence-corrected chi connectivity index (χ3v) is 5.38. The molecule has 2 atom stereocenters. The highest BCUT2D eigenvalue weighted by molar-refractivity contribution is 7.99. The maximum atomic E-state index is 4.44. The Morgan fingerprint density at radius 1 is 1.24 bits per heavy atom. The minimum atomic E-state index is 0.609. The van der Waals surface area contributed by atoms with Crippen LogP contribution in [0.2, 0.25) is 0 Å². The van der Waals surface area contributed by atoms with Crippen molar-refractivity contribution in [1.29, 1.82) is 0 Å². The second kappa shape index (κ2) is 5.01. The van der Waals surface area contributed by atoms with Crippen molar-refractivity contribution >= 4 is 11.8 Å². The van der Waals surface area contributed by atoms with Crippen LogP contribution in [0.25, 0.3) is 0 Å². The van der Waals surface area contributed by atoms with Gasteiger partial charge in [-0.2, -0.15) is 11.8 Å². The van der Waals surface area contributed by atoms with E-state index in [0.717, 1.165) is 18.1 Å². The van der Waals surface area contributed by atoms with Crippen molar-refractivity contribution in [3.05, 3.63) is 11.6 Å². The molecule has 0 radical (unpaired) electrons. The first-order valence-corrected chi connectivity index (χ1v) is 7.93. The molecule has 0 aliphatic carbocycles. The van der Waals surface area contributed by atoms with E-state index < -0.39 is 0 Å². The number of fused-ring (bicyclic) bond motifs is 1. The fourth-order valence-corrected chi connectivity index (χ4v) is 4.34. The zero-order valence-corrected chi connectivity index (χ0v) is 11.4. The molecule has 2 aliphatic heterocycles. The molecule has 1 aromatic rings. The highest BCUT2D eigenvalue weighted by atomic mass is 32.2. The third kappa shape index (κ3) is 2.37. The summed E-state index contributed by atoms with van der Waals surface area (Å²) in [6.45, 7) is 2.31. The lowest BCUT2D eigenvalue weighted by Gasteiger charge is -2.25. The van der Waals surface area contributed by atoms with Crippen LogP contribution < -0.4 is 0 Å². The molecule has 0 spiro atoms. The van der Waals surface area contributed by atoms with E-state index in [-0.39, 0.29) is 0 Å². The van der Waals surface area contributed by atoms with Gasteiger partial charge in [-0.1, -0.05) is 6.42 Å². The van der Waals surface area contributed by atoms with Gasteiger partial charge in [0.15, 0.2) is 0 Å². The van der Waals surface area contributed by atoms with Crippen molar-refractivity contribution in [2.75, 3.05) is 5.75 Å². The minimum Gasteiger partial charge on any atom is -0.312 e. The zero-order valence-electron chi connectivity index (χ0n) is 10.6. The van der Waals surface area contributed by atoms with E-state index in [0.29, 0.717) is 6.04 Å². The number of aryl methyl sites for hydroxylation is 1. The molecule has 17 heavy (non-hydrogen) atoms. The molecule has 0 saturated carbocycles. The maximum Gasteiger partial charge on any atom is 0.134 e. The Labute approximate surface area is 107 Å². The van der Waals surface area contributed by atoms with Gasteiger partial charge in [0.05, 0.1) is 0 Å². The highest BCUT2D eigenvalue weighted by Gasteiger charge is 2.24. The van der Waals surface area contributed by atoms with Crippen molar-refractivity contribution in [3.8, 4) is 0 Å². The molecule has 94 valence electrons. The highest BCUT2D eigenvalue weighted by Crippen LogP contribution is 2.30. The SMILES string of the molecule is CC1CCCc2nnc(CC3CCCCS3)n21. The Kier molecular flexibility index (Phi) is 3.41. The van der Waals surface area contributed by atoms with E-state index >= 15 is 0 Å². The van der Waals surface area contributed by atoms with E-state index in [1.54, 1.807) is 0 Å². The summed E-state index contributed by atoms with van der Waals surface area (Å²) < 4.78 is 2.42. The first-order chi connectivity index (χ1) is 8.34. The molecule has 0 aromatic carbocycles. The Hall–Kier alpha value is -0.510. The normalized spacial score (nSPS) is 29.0. The topological polar surface area (TPSA) is 30.7 Å². The van der Waals surface area contributed by atoms with Crippen molar-refractivity contribution < 1.29 is 0 Å². The van der Waals surface area contributed by atoms with Gasteiger partial charge in [0.1, 0.15) is 11.6 Å². The van der Waals surface area contributed by atoms with Crippen molar-refractivity contribution in [1.82, 2.24) is 14.8 Å². The van der Waals surface area contributed by atoms with Crippen LogP contribution in [0.1, 0.15) is 56.7 Å². The lowest BCUT2D eigenvalue weighted by Crippen LogP contribution is -2.21. The molecule has 4 heteroatoms. The fourth-order valence-electron chi connectivity index (χ4n) is 3.04. The predicted octanol–water partition coefficient (Wildman–Crippen LogP) is 3.00. The molecule has 2 unspecified atom stereocenters. The summed E-state index contributed by atoms with van der Waals surface area (Å²) in [7, 11) is 0. The van der Waals surface area contributed by atoms with Gasteiger partial charge in [-0.05, 0) is 38.4 Å². The van der Waals surface area contributed by atoms with Crippen LogP contribution in [0.5, 0.6) is 0 Å². The minimum absolute atomic E-state index is 0.609. The molecular formula is C13H21N3S. The van der Waals surface area contributed by atoms with Gasteiger partial charge in [-0.15, -0.1) is 10.2 Å². The number of rotatable bonds is 2. The average molecular weight is 251 g/mol. The summed E-state index contributed by atoms with van der Waals surface area (Å²) in [4.78, 5) is 0. The van der Waals surface area contributed by atoms with Gasteiger partial charge >= 0.3 is 0 Å². The molecule has 2 aliphatic rings. The third-order valence-electron chi connectivity index (χ3n) is 3.98. The van der Waals surface area contributed by atoms with Crippen molar-refractivity contribution in [2.45, 2.75) is 63.2 Å². The fraction of sp³-hybridized carbons (Fsp3) is 0.846. The number of hydrogen-bond acceptors (Lipinski definition) is 3. The molecule has 1 fully saturated rings. The first-order valence-electron chi connectivity index (χ1n) is 6.89. The summed E-state index contributed by atoms with van der Waals surface area (Å²) >= 11 is 2.13. The molecular weight excluding hydrogens is 230 g/mol. The molecule has 0 bridgehead atoms. The Balaban J connectivity index is 1.76. The maximum absolute atomic E-state index is 4.44. The summed E-state index contributed by atoms with van der Waals surface area (Å²) in [5, 5.41) is 9.60. The largest absolute Gasteiger partial charge is 0.312 e. The van der Waals surface area contributed by atoms with Gasteiger partial charge in [0.25, 0.3) is 0 Å². The van der Waals surface area contributed by atoms with Crippen molar-refractivity contribution in [2.24, 2.45) is 0 Å². The number of hydrogen-bond donors (Lipinski definition) is 0. The second-order valence-electron chi connectivity index (χ2n) is 5.34. The smallest absolute Gasteiger partial charge is 0.134 e. The molecule has 3 nitrogen and oxygen atoms in total. The van der Waals surface area contributed by atoms with Crippen molar-refractivity contribution in [3.63, 3.8) is 0 Å². The van der Waals surface area contributed by atoms with Crippen LogP contribution in [0.15, 0.2) is 0 Å². The molecule has 1 aromatic heterocycles. The molecule has 0 amide bonds. The molecule has 0 N–H and O–H groups in total. The molecule has 1 saturated heterocycles. The molecule has 3 heterocycles. The first kappa shape index (κ1) is 11.6. The average Bonchev–Trinajstić information content (AvgIpc) is 2.75. The lowest BCUT2D eigenvalue weighted by atomic mass is 10.1. The van der Waals surface area contributed by atoms with Gasteiger partial charge in [0, 0.05) is 24.1 Å². The number of thioether (sulfide) groups is 1. The Morgan fingerprint density at radius 2 is 2.18 bits per heavy atom. The zero-order chi connectivity index (χ0) is 11.7. The van der Waals surface area contributed by atoms with Gasteiger partial charge in [-0.25, -0.2) is 0 Å². The van der Waals surface area contributed by atoms with Gasteiger partial charge in [0.2, 0.25) is 0 Å². The number of nitrogens with zero attached hydrogens (tertiary/aromatic N) is 3. The van der Waals surface area contributed by atoms with E-state index in [9.17, 15) is 0 Å². The van der Waals surface area contributed by atoms with E-state index in [2.05, 4.69) is 33.5 Å². The van der Waals surface area contributed by atoms with Crippen LogP contribution in [0.4, 0.5) is 0 Å². The Morgan fingerprint density at radius 3 is 3.00 bits per heavy atom. The van der Waals surface area contributed by atoms with Crippen LogP contribution >= 0.6 is 11.8 Å². The Bertz CT molecular complexity index is 382. The lowest BCUT2D eigenvalue weighted by molar-refractivity contribution is 0.412. The van der Waals surface area contributed by atoms with Crippen LogP contribution in [-0.4, -0.2) is 25.8 Å². The van der Waals surface area contributed by atoms with E-state index in [1.165, 1.54) is 49.5 Å². The standard InChI is InChI=1S/C13H21N3S/c1-10-5-4-7-12-14-15-13(16(10)12)9-11-6-2-3-8-17-11/h10-11H,2-9H2,1H3. The monoisotopic (exact) mass is 251 g/mol. The summed E-state index contributed by atoms with van der Waals surface area (Å²) in [6.07, 6.45) is 8.97. The van der Waals surface area contributed by atoms with Gasteiger partial charge < -0.3 is 4.57 Å². The second-order valence-corrected chi connectivity index (χ2v) is 6.74. The van der Waals surface area contributed by atoms with Crippen LogP contribution in [-0.2, 0) is 12.8 Å². The summed E-state index contributed by atoms with van der Waals surface area (Å²) in [6, 6.07) is 0.609. The quantitative estimate of drug-likeness (QED) is 0.809. The van der Waals surface area contributed by atoms with Gasteiger partial charge in [-0.3, -0.25) is 0 Å². The van der Waals surface area contributed by atoms with Crippen LogP contribution in [0.3, 0.4) is 0 Å². The number of aromatic nitrogens is 3. The van der Waals surface area contributed by atoms with E-state index in [1.807, 2.05) is 0 Å². The molecule has 3 rings (SSSR count).